The van der Waals surface area contributed by atoms with Crippen LogP contribution in [0.15, 0.2) is 53.4 Å². The van der Waals surface area contributed by atoms with Gasteiger partial charge in [0.25, 0.3) is 5.91 Å². The van der Waals surface area contributed by atoms with Gasteiger partial charge in [-0.3, -0.25) is 4.79 Å². The maximum atomic E-state index is 13.8. The van der Waals surface area contributed by atoms with E-state index in [1.807, 2.05) is 0 Å². The van der Waals surface area contributed by atoms with Gasteiger partial charge in [-0.25, -0.2) is 17.5 Å². The van der Waals surface area contributed by atoms with Crippen LogP contribution in [0.2, 0.25) is 0 Å². The highest BCUT2D eigenvalue weighted by molar-refractivity contribution is 7.89. The molecule has 0 spiro atoms. The van der Waals surface area contributed by atoms with Gasteiger partial charge >= 0.3 is 0 Å². The second kappa shape index (κ2) is 8.70. The first kappa shape index (κ1) is 20.3. The van der Waals surface area contributed by atoms with Crippen LogP contribution in [0, 0.1) is 11.7 Å². The lowest BCUT2D eigenvalue weighted by Crippen LogP contribution is -2.41. The number of nitrogens with zero attached hydrogens (tertiary/aromatic N) is 1. The van der Waals surface area contributed by atoms with Gasteiger partial charge in [0, 0.05) is 25.7 Å². The third-order valence-corrected chi connectivity index (χ3v) is 6.34. The van der Waals surface area contributed by atoms with Crippen LogP contribution in [0.4, 0.5) is 4.39 Å². The summed E-state index contributed by atoms with van der Waals surface area (Å²) < 4.78 is 46.4. The standard InChI is InChI=1S/C20H23FN2O4S/c1-27-16-5-4-6-17(13-16)28(25,26)22-14-15-9-11-23(12-10-15)20(24)18-7-2-3-8-19(18)21/h2-8,13,15,22H,9-12,14H2,1H3. The van der Waals surface area contributed by atoms with Gasteiger partial charge in [0.2, 0.25) is 10.0 Å². The first-order valence-corrected chi connectivity index (χ1v) is 10.6. The first-order chi connectivity index (χ1) is 13.4. The summed E-state index contributed by atoms with van der Waals surface area (Å²) in [6.07, 6.45) is 1.31. The number of benzene rings is 2. The van der Waals surface area contributed by atoms with Crippen molar-refractivity contribution in [3.63, 3.8) is 0 Å². The van der Waals surface area contributed by atoms with Gasteiger partial charge in [0.05, 0.1) is 17.6 Å². The van der Waals surface area contributed by atoms with Crippen LogP contribution in [0.5, 0.6) is 5.75 Å². The fourth-order valence-corrected chi connectivity index (χ4v) is 4.38. The van der Waals surface area contributed by atoms with Crippen molar-refractivity contribution in [2.75, 3.05) is 26.7 Å². The molecular formula is C20H23FN2O4S. The number of methoxy groups -OCH3 is 1. The Morgan fingerprint density at radius 2 is 1.89 bits per heavy atom. The van der Waals surface area contributed by atoms with E-state index in [1.165, 1.54) is 31.4 Å². The number of amides is 1. The predicted octanol–water partition coefficient (Wildman–Crippen LogP) is 2.67. The topological polar surface area (TPSA) is 75.7 Å². The zero-order valence-corrected chi connectivity index (χ0v) is 16.4. The summed E-state index contributed by atoms with van der Waals surface area (Å²) >= 11 is 0. The van der Waals surface area contributed by atoms with Gasteiger partial charge in [-0.05, 0) is 43.0 Å². The normalized spacial score (nSPS) is 15.4. The number of ether oxygens (including phenoxy) is 1. The molecule has 0 atom stereocenters. The molecular weight excluding hydrogens is 383 g/mol. The number of sulfonamides is 1. The van der Waals surface area contributed by atoms with Crippen LogP contribution in [0.25, 0.3) is 0 Å². The Bertz CT molecular complexity index is 941. The van der Waals surface area contributed by atoms with E-state index >= 15 is 0 Å². The second-order valence-corrected chi connectivity index (χ2v) is 8.51. The van der Waals surface area contributed by atoms with E-state index in [4.69, 9.17) is 4.74 Å². The number of halogens is 1. The molecule has 1 aliphatic heterocycles. The Morgan fingerprint density at radius 3 is 2.57 bits per heavy atom. The minimum absolute atomic E-state index is 0.0691. The summed E-state index contributed by atoms with van der Waals surface area (Å²) in [6.45, 7) is 1.23. The van der Waals surface area contributed by atoms with Gasteiger partial charge in [0.1, 0.15) is 11.6 Å². The minimum Gasteiger partial charge on any atom is -0.497 e. The Labute approximate surface area is 164 Å². The molecule has 0 radical (unpaired) electrons. The molecule has 6 nitrogen and oxygen atoms in total. The lowest BCUT2D eigenvalue weighted by molar-refractivity contribution is 0.0687. The van der Waals surface area contributed by atoms with Gasteiger partial charge < -0.3 is 9.64 Å². The van der Waals surface area contributed by atoms with E-state index in [2.05, 4.69) is 4.72 Å². The molecule has 1 fully saturated rings. The van der Waals surface area contributed by atoms with Crippen molar-refractivity contribution in [2.24, 2.45) is 5.92 Å². The Kier molecular flexibility index (Phi) is 6.31. The maximum absolute atomic E-state index is 13.8. The van der Waals surface area contributed by atoms with E-state index in [0.717, 1.165) is 0 Å². The Hall–Kier alpha value is -2.45. The van der Waals surface area contributed by atoms with Crippen LogP contribution in [-0.2, 0) is 10.0 Å². The smallest absolute Gasteiger partial charge is 0.256 e. The van der Waals surface area contributed by atoms with Crippen molar-refractivity contribution in [3.05, 3.63) is 59.9 Å². The number of nitrogens with one attached hydrogen (secondary N) is 1. The molecule has 150 valence electrons. The quantitative estimate of drug-likeness (QED) is 0.800. The number of likely N-dealkylation sites (tertiary alicyclic amines) is 1. The molecule has 1 saturated heterocycles. The summed E-state index contributed by atoms with van der Waals surface area (Å²) in [7, 11) is -2.15. The molecule has 2 aromatic carbocycles. The van der Waals surface area contributed by atoms with Gasteiger partial charge in [-0.2, -0.15) is 0 Å². The molecule has 0 unspecified atom stereocenters. The molecule has 1 amide bonds. The summed E-state index contributed by atoms with van der Waals surface area (Å²) in [4.78, 5) is 14.2. The minimum atomic E-state index is -3.63. The summed E-state index contributed by atoms with van der Waals surface area (Å²) in [5, 5.41) is 0. The Balaban J connectivity index is 1.54. The molecule has 2 aromatic rings. The van der Waals surface area contributed by atoms with Crippen LogP contribution in [-0.4, -0.2) is 46.0 Å². The largest absolute Gasteiger partial charge is 0.497 e. The lowest BCUT2D eigenvalue weighted by atomic mass is 9.96. The number of piperidine rings is 1. The molecule has 1 aliphatic rings. The SMILES string of the molecule is COc1cccc(S(=O)(=O)NCC2CCN(C(=O)c3ccccc3F)CC2)c1. The molecule has 3 rings (SSSR count). The molecule has 1 heterocycles. The summed E-state index contributed by atoms with van der Waals surface area (Å²) in [5.74, 6) is -0.262. The average molecular weight is 406 g/mol. The third-order valence-electron chi connectivity index (χ3n) is 4.92. The van der Waals surface area contributed by atoms with Crippen molar-refractivity contribution in [2.45, 2.75) is 17.7 Å². The van der Waals surface area contributed by atoms with Gasteiger partial charge in [0.15, 0.2) is 0 Å². The number of carbonyl (C=O) groups is 1. The molecule has 0 aliphatic carbocycles. The number of carbonyl (C=O) groups excluding carboxylic acids is 1. The summed E-state index contributed by atoms with van der Waals surface area (Å²) in [5.41, 5.74) is 0.0691. The highest BCUT2D eigenvalue weighted by Gasteiger charge is 2.26. The molecule has 28 heavy (non-hydrogen) atoms. The van der Waals surface area contributed by atoms with Crippen LogP contribution >= 0.6 is 0 Å². The van der Waals surface area contributed by atoms with E-state index in [9.17, 15) is 17.6 Å². The van der Waals surface area contributed by atoms with Crippen LogP contribution < -0.4 is 9.46 Å². The molecule has 0 bridgehead atoms. The van der Waals surface area contributed by atoms with E-state index in [1.54, 1.807) is 29.2 Å². The van der Waals surface area contributed by atoms with E-state index in [0.29, 0.717) is 38.2 Å². The van der Waals surface area contributed by atoms with Crippen molar-refractivity contribution >= 4 is 15.9 Å². The fourth-order valence-electron chi connectivity index (χ4n) is 3.22. The van der Waals surface area contributed by atoms with E-state index in [-0.39, 0.29) is 22.3 Å². The average Bonchev–Trinajstić information content (AvgIpc) is 2.72. The number of hydrogen-bond acceptors (Lipinski definition) is 4. The number of hydrogen-bond donors (Lipinski definition) is 1. The molecule has 0 saturated carbocycles. The number of rotatable bonds is 6. The highest BCUT2D eigenvalue weighted by atomic mass is 32.2. The molecule has 1 N–H and O–H groups in total. The predicted molar refractivity (Wildman–Crippen MR) is 103 cm³/mol. The monoisotopic (exact) mass is 406 g/mol. The van der Waals surface area contributed by atoms with Crippen LogP contribution in [0.3, 0.4) is 0 Å². The fraction of sp³-hybridized carbons (Fsp3) is 0.350. The van der Waals surface area contributed by atoms with Crippen molar-refractivity contribution in [1.82, 2.24) is 9.62 Å². The van der Waals surface area contributed by atoms with Crippen LogP contribution in [0.1, 0.15) is 23.2 Å². The zero-order chi connectivity index (χ0) is 20.1. The molecule has 8 heteroatoms. The van der Waals surface area contributed by atoms with Gasteiger partial charge in [-0.1, -0.05) is 18.2 Å². The van der Waals surface area contributed by atoms with Gasteiger partial charge in [-0.15, -0.1) is 0 Å². The van der Waals surface area contributed by atoms with Crippen molar-refractivity contribution in [3.8, 4) is 5.75 Å². The molecule has 0 aromatic heterocycles. The Morgan fingerprint density at radius 1 is 1.18 bits per heavy atom. The highest BCUT2D eigenvalue weighted by Crippen LogP contribution is 2.21. The maximum Gasteiger partial charge on any atom is 0.256 e. The zero-order valence-electron chi connectivity index (χ0n) is 15.6. The first-order valence-electron chi connectivity index (χ1n) is 9.08. The van der Waals surface area contributed by atoms with Crippen molar-refractivity contribution in [1.29, 1.82) is 0 Å². The third kappa shape index (κ3) is 4.69. The van der Waals surface area contributed by atoms with E-state index < -0.39 is 15.8 Å². The summed E-state index contributed by atoms with van der Waals surface area (Å²) in [6, 6.07) is 12.2. The second-order valence-electron chi connectivity index (χ2n) is 6.75. The lowest BCUT2D eigenvalue weighted by Gasteiger charge is -2.32. The van der Waals surface area contributed by atoms with Crippen molar-refractivity contribution < 1.29 is 22.3 Å².